The van der Waals surface area contributed by atoms with Gasteiger partial charge in [0.1, 0.15) is 10.5 Å². The van der Waals surface area contributed by atoms with E-state index >= 15 is 0 Å². The highest BCUT2D eigenvalue weighted by molar-refractivity contribution is 7.98. The Balaban J connectivity index is 1.61. The van der Waals surface area contributed by atoms with Crippen molar-refractivity contribution in [1.82, 2.24) is 19.2 Å². The Hall–Kier alpha value is -2.97. The molecule has 2 aromatic carbocycles. The van der Waals surface area contributed by atoms with E-state index in [9.17, 15) is 9.18 Å². The summed E-state index contributed by atoms with van der Waals surface area (Å²) < 4.78 is 17.5. The van der Waals surface area contributed by atoms with E-state index < -0.39 is 0 Å². The van der Waals surface area contributed by atoms with Crippen LogP contribution < -0.4 is 5.56 Å². The van der Waals surface area contributed by atoms with Crippen LogP contribution >= 0.6 is 23.1 Å². The van der Waals surface area contributed by atoms with Crippen LogP contribution in [0.4, 0.5) is 4.39 Å². The van der Waals surface area contributed by atoms with Gasteiger partial charge < -0.3 is 0 Å². The third-order valence-corrected chi connectivity index (χ3v) is 6.92. The van der Waals surface area contributed by atoms with E-state index in [2.05, 4.69) is 29.3 Å². The number of aryl methyl sites for hydroxylation is 1. The van der Waals surface area contributed by atoms with Gasteiger partial charge in [-0.2, -0.15) is 0 Å². The number of thiophene rings is 1. The third-order valence-electron chi connectivity index (χ3n) is 5.05. The highest BCUT2D eigenvalue weighted by Crippen LogP contribution is 2.27. The monoisotopic (exact) mass is 436 g/mol. The van der Waals surface area contributed by atoms with Crippen molar-refractivity contribution < 1.29 is 4.39 Å². The molecule has 0 amide bonds. The van der Waals surface area contributed by atoms with Crippen molar-refractivity contribution in [2.75, 3.05) is 0 Å². The number of thioether (sulfide) groups is 1. The Labute approximate surface area is 179 Å². The average molecular weight is 437 g/mol. The number of rotatable bonds is 5. The van der Waals surface area contributed by atoms with E-state index in [0.717, 1.165) is 22.0 Å². The molecule has 0 radical (unpaired) electrons. The Morgan fingerprint density at radius 1 is 1.07 bits per heavy atom. The van der Waals surface area contributed by atoms with E-state index in [-0.39, 0.29) is 11.4 Å². The zero-order valence-electron chi connectivity index (χ0n) is 16.1. The van der Waals surface area contributed by atoms with Gasteiger partial charge in [0, 0.05) is 5.75 Å². The molecule has 0 saturated carbocycles. The van der Waals surface area contributed by atoms with Crippen molar-refractivity contribution in [2.24, 2.45) is 0 Å². The first-order valence-corrected chi connectivity index (χ1v) is 11.3. The van der Waals surface area contributed by atoms with Crippen LogP contribution in [0.3, 0.4) is 0 Å². The van der Waals surface area contributed by atoms with Gasteiger partial charge in [-0.3, -0.25) is 13.8 Å². The number of hydrogen-bond acceptors (Lipinski definition) is 5. The van der Waals surface area contributed by atoms with E-state index in [4.69, 9.17) is 0 Å². The van der Waals surface area contributed by atoms with Crippen LogP contribution in [0.25, 0.3) is 16.0 Å². The molecule has 0 fully saturated rings. The van der Waals surface area contributed by atoms with Gasteiger partial charge in [0.25, 0.3) is 5.56 Å². The average Bonchev–Trinajstić information content (AvgIpc) is 3.39. The van der Waals surface area contributed by atoms with Crippen molar-refractivity contribution in [1.29, 1.82) is 0 Å². The minimum Gasteiger partial charge on any atom is -0.271 e. The molecule has 30 heavy (non-hydrogen) atoms. The number of nitrogens with zero attached hydrogens (tertiary/aromatic N) is 4. The Morgan fingerprint density at radius 2 is 1.87 bits per heavy atom. The summed E-state index contributed by atoms with van der Waals surface area (Å²) >= 11 is 3.00. The van der Waals surface area contributed by atoms with Crippen LogP contribution in [-0.4, -0.2) is 19.2 Å². The molecule has 3 heterocycles. The second-order valence-corrected chi connectivity index (χ2v) is 8.84. The molecule has 0 atom stereocenters. The van der Waals surface area contributed by atoms with E-state index in [1.807, 2.05) is 28.0 Å². The fourth-order valence-corrected chi connectivity index (χ4v) is 5.26. The second kappa shape index (κ2) is 7.70. The van der Waals surface area contributed by atoms with Crippen molar-refractivity contribution >= 4 is 39.1 Å². The lowest BCUT2D eigenvalue weighted by Crippen LogP contribution is -2.23. The summed E-state index contributed by atoms with van der Waals surface area (Å²) in [5.74, 6) is 0.945. The molecule has 0 spiro atoms. The zero-order valence-corrected chi connectivity index (χ0v) is 17.7. The SMILES string of the molecule is Cc1ccccc1CSc1nnc2n(Cc3ccc(F)cc3)c(=O)c3sccc3n12. The van der Waals surface area contributed by atoms with E-state index in [1.165, 1.54) is 34.6 Å². The summed E-state index contributed by atoms with van der Waals surface area (Å²) in [5.41, 5.74) is 3.99. The molecule has 0 saturated heterocycles. The molecule has 0 bridgehead atoms. The van der Waals surface area contributed by atoms with Crippen molar-refractivity contribution in [2.45, 2.75) is 24.4 Å². The number of hydrogen-bond donors (Lipinski definition) is 0. The summed E-state index contributed by atoms with van der Waals surface area (Å²) in [4.78, 5) is 13.1. The maximum Gasteiger partial charge on any atom is 0.273 e. The lowest BCUT2D eigenvalue weighted by molar-refractivity contribution is 0.626. The van der Waals surface area contributed by atoms with Crippen molar-refractivity contribution in [3.8, 4) is 0 Å². The van der Waals surface area contributed by atoms with Gasteiger partial charge in [0.05, 0.1) is 12.1 Å². The van der Waals surface area contributed by atoms with Crippen molar-refractivity contribution in [3.05, 3.63) is 92.8 Å². The molecule has 8 heteroatoms. The molecule has 0 unspecified atom stereocenters. The molecule has 150 valence electrons. The molecule has 0 aliphatic rings. The van der Waals surface area contributed by atoms with Crippen LogP contribution in [-0.2, 0) is 12.3 Å². The maximum absolute atomic E-state index is 13.3. The van der Waals surface area contributed by atoms with Crippen LogP contribution in [0.15, 0.2) is 69.9 Å². The van der Waals surface area contributed by atoms with Crippen molar-refractivity contribution in [3.63, 3.8) is 0 Å². The van der Waals surface area contributed by atoms with Crippen LogP contribution in [0.5, 0.6) is 0 Å². The molecule has 0 N–H and O–H groups in total. The summed E-state index contributed by atoms with van der Waals surface area (Å²) in [6.45, 7) is 2.40. The summed E-state index contributed by atoms with van der Waals surface area (Å²) in [6.07, 6.45) is 0. The van der Waals surface area contributed by atoms with Gasteiger partial charge in [-0.25, -0.2) is 4.39 Å². The summed E-state index contributed by atoms with van der Waals surface area (Å²) in [6, 6.07) is 16.3. The zero-order chi connectivity index (χ0) is 20.7. The topological polar surface area (TPSA) is 52.2 Å². The fraction of sp³-hybridized carbons (Fsp3) is 0.136. The number of benzene rings is 2. The molecule has 3 aromatic heterocycles. The lowest BCUT2D eigenvalue weighted by atomic mass is 10.1. The van der Waals surface area contributed by atoms with Crippen LogP contribution in [0.2, 0.25) is 0 Å². The fourth-order valence-electron chi connectivity index (χ4n) is 3.42. The molecule has 5 nitrogen and oxygen atoms in total. The quantitative estimate of drug-likeness (QED) is 0.368. The predicted octanol–water partition coefficient (Wildman–Crippen LogP) is 4.89. The van der Waals surface area contributed by atoms with Gasteiger partial charge in [0.2, 0.25) is 5.78 Å². The minimum absolute atomic E-state index is 0.111. The van der Waals surface area contributed by atoms with Gasteiger partial charge in [-0.05, 0) is 47.2 Å². The number of fused-ring (bicyclic) bond motifs is 3. The maximum atomic E-state index is 13.3. The molecular weight excluding hydrogens is 419 g/mol. The first-order chi connectivity index (χ1) is 14.6. The van der Waals surface area contributed by atoms with Gasteiger partial charge >= 0.3 is 0 Å². The van der Waals surface area contributed by atoms with E-state index in [0.29, 0.717) is 17.0 Å². The Bertz CT molecular complexity index is 1420. The van der Waals surface area contributed by atoms with Gasteiger partial charge in [-0.1, -0.05) is 48.2 Å². The molecule has 5 rings (SSSR count). The minimum atomic E-state index is -0.303. The van der Waals surface area contributed by atoms with E-state index in [1.54, 1.807) is 28.5 Å². The number of aromatic nitrogens is 4. The lowest BCUT2D eigenvalue weighted by Gasteiger charge is -2.10. The normalized spacial score (nSPS) is 11.5. The first kappa shape index (κ1) is 19.0. The van der Waals surface area contributed by atoms with Crippen LogP contribution in [0, 0.1) is 12.7 Å². The van der Waals surface area contributed by atoms with Gasteiger partial charge in [-0.15, -0.1) is 21.5 Å². The first-order valence-electron chi connectivity index (χ1n) is 9.39. The molecule has 0 aliphatic carbocycles. The van der Waals surface area contributed by atoms with Gasteiger partial charge in [0.15, 0.2) is 5.16 Å². The Morgan fingerprint density at radius 3 is 2.67 bits per heavy atom. The third kappa shape index (κ3) is 3.32. The smallest absolute Gasteiger partial charge is 0.271 e. The number of halogens is 1. The Kier molecular flexibility index (Phi) is 4.88. The largest absolute Gasteiger partial charge is 0.273 e. The molecule has 5 aromatic rings. The predicted molar refractivity (Wildman–Crippen MR) is 119 cm³/mol. The highest BCUT2D eigenvalue weighted by Gasteiger charge is 2.18. The standard InChI is InChI=1S/C22H17FN4OS2/c1-14-4-2-3-5-16(14)13-30-22-25-24-21-26(12-15-6-8-17(23)9-7-15)20(28)19-18(27(21)22)10-11-29-19/h2-11H,12-13H2,1H3. The summed E-state index contributed by atoms with van der Waals surface area (Å²) in [7, 11) is 0. The molecular formula is C22H17FN4OS2. The highest BCUT2D eigenvalue weighted by atomic mass is 32.2. The summed E-state index contributed by atoms with van der Waals surface area (Å²) in [5, 5.41) is 11.4. The second-order valence-electron chi connectivity index (χ2n) is 6.99. The molecule has 0 aliphatic heterocycles. The van der Waals surface area contributed by atoms with Crippen LogP contribution in [0.1, 0.15) is 16.7 Å².